The minimum absolute atomic E-state index is 0.0442. The highest BCUT2D eigenvalue weighted by molar-refractivity contribution is 14.1. The van der Waals surface area contributed by atoms with Crippen LogP contribution in [0.5, 0.6) is 5.75 Å². The number of rotatable bonds is 5. The Morgan fingerprint density at radius 2 is 1.75 bits per heavy atom. The molecular weight excluding hydrogens is 365 g/mol. The van der Waals surface area contributed by atoms with E-state index in [0.717, 1.165) is 9.26 Å². The Morgan fingerprint density at radius 1 is 1.10 bits per heavy atom. The topological polar surface area (TPSA) is 29.5 Å². The van der Waals surface area contributed by atoms with Crippen LogP contribution in [0.2, 0.25) is 0 Å². The predicted octanol–water partition coefficient (Wildman–Crippen LogP) is 3.72. The van der Waals surface area contributed by atoms with Gasteiger partial charge in [-0.1, -0.05) is 18.2 Å². The third-order valence-corrected chi connectivity index (χ3v) is 3.58. The molecule has 2 rings (SSSR count). The lowest BCUT2D eigenvalue weighted by Gasteiger charge is -2.21. The van der Waals surface area contributed by atoms with E-state index in [4.69, 9.17) is 4.74 Å². The first-order chi connectivity index (χ1) is 9.70. The number of anilines is 1. The van der Waals surface area contributed by atoms with Crippen molar-refractivity contribution in [1.82, 2.24) is 0 Å². The monoisotopic (exact) mass is 381 g/mol. The van der Waals surface area contributed by atoms with Gasteiger partial charge in [0.15, 0.2) is 6.61 Å². The van der Waals surface area contributed by atoms with Crippen LogP contribution >= 0.6 is 22.6 Å². The molecule has 0 saturated carbocycles. The van der Waals surface area contributed by atoms with Crippen molar-refractivity contribution in [1.29, 1.82) is 0 Å². The first-order valence-electron chi connectivity index (χ1n) is 6.44. The molecule has 0 radical (unpaired) electrons. The molecule has 0 N–H and O–H groups in total. The molecule has 4 heteroatoms. The Balaban J connectivity index is 1.98. The largest absolute Gasteiger partial charge is 0.484 e. The summed E-state index contributed by atoms with van der Waals surface area (Å²) in [6, 6.07) is 17.3. The average molecular weight is 381 g/mol. The number of hydrogen-bond acceptors (Lipinski definition) is 2. The van der Waals surface area contributed by atoms with E-state index in [1.165, 1.54) is 0 Å². The number of halogens is 1. The van der Waals surface area contributed by atoms with Crippen LogP contribution < -0.4 is 9.64 Å². The van der Waals surface area contributed by atoms with E-state index in [1.807, 2.05) is 61.5 Å². The van der Waals surface area contributed by atoms with Crippen molar-refractivity contribution in [3.8, 4) is 5.75 Å². The van der Waals surface area contributed by atoms with Crippen molar-refractivity contribution in [2.45, 2.75) is 6.92 Å². The number of ether oxygens (including phenoxy) is 1. The Morgan fingerprint density at radius 3 is 2.35 bits per heavy atom. The minimum atomic E-state index is -0.0442. The van der Waals surface area contributed by atoms with Crippen LogP contribution in [0, 0.1) is 3.57 Å². The van der Waals surface area contributed by atoms with E-state index >= 15 is 0 Å². The molecular formula is C16H16INO2. The van der Waals surface area contributed by atoms with Crippen LogP contribution in [0.3, 0.4) is 0 Å². The second kappa shape index (κ2) is 7.28. The zero-order valence-corrected chi connectivity index (χ0v) is 13.4. The fourth-order valence-corrected chi connectivity index (χ4v) is 2.22. The van der Waals surface area contributed by atoms with Gasteiger partial charge in [-0.25, -0.2) is 0 Å². The SMILES string of the molecule is CCN(C(=O)COc1ccc(I)cc1)c1ccccc1. The third-order valence-electron chi connectivity index (χ3n) is 2.86. The standard InChI is InChI=1S/C16H16INO2/c1-2-18(14-6-4-3-5-7-14)16(19)12-20-15-10-8-13(17)9-11-15/h3-11H,2,12H2,1H3. The smallest absolute Gasteiger partial charge is 0.264 e. The van der Waals surface area contributed by atoms with E-state index in [0.29, 0.717) is 12.3 Å². The number of nitrogens with zero attached hydrogens (tertiary/aromatic N) is 1. The van der Waals surface area contributed by atoms with Gasteiger partial charge in [-0.2, -0.15) is 0 Å². The van der Waals surface area contributed by atoms with Gasteiger partial charge in [0.2, 0.25) is 0 Å². The first-order valence-corrected chi connectivity index (χ1v) is 7.52. The first kappa shape index (κ1) is 14.8. The molecule has 0 aliphatic carbocycles. The molecule has 0 saturated heterocycles. The Bertz CT molecular complexity index is 554. The van der Waals surface area contributed by atoms with E-state index in [9.17, 15) is 4.79 Å². The number of benzene rings is 2. The zero-order chi connectivity index (χ0) is 14.4. The van der Waals surface area contributed by atoms with Gasteiger partial charge in [0.05, 0.1) is 0 Å². The van der Waals surface area contributed by atoms with E-state index in [1.54, 1.807) is 4.90 Å². The maximum atomic E-state index is 12.2. The number of para-hydroxylation sites is 1. The molecule has 0 aliphatic heterocycles. The molecule has 3 nitrogen and oxygen atoms in total. The summed E-state index contributed by atoms with van der Waals surface area (Å²) in [6.07, 6.45) is 0. The normalized spacial score (nSPS) is 10.1. The van der Waals surface area contributed by atoms with Gasteiger partial charge in [-0.05, 0) is 65.9 Å². The summed E-state index contributed by atoms with van der Waals surface area (Å²) in [4.78, 5) is 13.9. The number of carbonyl (C=O) groups excluding carboxylic acids is 1. The molecule has 0 spiro atoms. The van der Waals surface area contributed by atoms with E-state index in [-0.39, 0.29) is 12.5 Å². The highest BCUT2D eigenvalue weighted by Crippen LogP contribution is 2.15. The maximum Gasteiger partial charge on any atom is 0.264 e. The van der Waals surface area contributed by atoms with Gasteiger partial charge >= 0.3 is 0 Å². The lowest BCUT2D eigenvalue weighted by Crippen LogP contribution is -2.34. The number of carbonyl (C=O) groups is 1. The molecule has 104 valence electrons. The van der Waals surface area contributed by atoms with Crippen molar-refractivity contribution < 1.29 is 9.53 Å². The summed E-state index contributed by atoms with van der Waals surface area (Å²) < 4.78 is 6.67. The molecule has 0 heterocycles. The molecule has 0 atom stereocenters. The maximum absolute atomic E-state index is 12.2. The fraction of sp³-hybridized carbons (Fsp3) is 0.188. The molecule has 0 fully saturated rings. The highest BCUT2D eigenvalue weighted by atomic mass is 127. The molecule has 0 aromatic heterocycles. The van der Waals surface area contributed by atoms with Crippen LogP contribution in [0.4, 0.5) is 5.69 Å². The molecule has 0 unspecified atom stereocenters. The zero-order valence-electron chi connectivity index (χ0n) is 11.3. The van der Waals surface area contributed by atoms with Crippen molar-refractivity contribution >= 4 is 34.2 Å². The van der Waals surface area contributed by atoms with Gasteiger partial charge in [0.1, 0.15) is 5.75 Å². The number of hydrogen-bond donors (Lipinski definition) is 0. The van der Waals surface area contributed by atoms with Gasteiger partial charge < -0.3 is 9.64 Å². The molecule has 2 aromatic rings. The second-order valence-corrected chi connectivity index (χ2v) is 5.46. The Kier molecular flexibility index (Phi) is 5.40. The van der Waals surface area contributed by atoms with E-state index < -0.39 is 0 Å². The van der Waals surface area contributed by atoms with Crippen LogP contribution in [-0.2, 0) is 4.79 Å². The lowest BCUT2D eigenvalue weighted by atomic mass is 10.3. The summed E-state index contributed by atoms with van der Waals surface area (Å²) in [5.41, 5.74) is 0.895. The molecule has 1 amide bonds. The van der Waals surface area contributed by atoms with Gasteiger partial charge in [-0.15, -0.1) is 0 Å². The molecule has 20 heavy (non-hydrogen) atoms. The molecule has 2 aromatic carbocycles. The minimum Gasteiger partial charge on any atom is -0.484 e. The predicted molar refractivity (Wildman–Crippen MR) is 89.1 cm³/mol. The van der Waals surface area contributed by atoms with Crippen LogP contribution in [0.25, 0.3) is 0 Å². The Labute approximate surface area is 132 Å². The molecule has 0 aliphatic rings. The number of amides is 1. The summed E-state index contributed by atoms with van der Waals surface area (Å²) in [5, 5.41) is 0. The quantitative estimate of drug-likeness (QED) is 0.739. The van der Waals surface area contributed by atoms with Crippen LogP contribution in [0.15, 0.2) is 54.6 Å². The Hall–Kier alpha value is -1.56. The van der Waals surface area contributed by atoms with Gasteiger partial charge in [0.25, 0.3) is 5.91 Å². The van der Waals surface area contributed by atoms with Crippen molar-refractivity contribution in [3.05, 3.63) is 58.2 Å². The van der Waals surface area contributed by atoms with Crippen molar-refractivity contribution in [2.75, 3.05) is 18.1 Å². The van der Waals surface area contributed by atoms with Crippen molar-refractivity contribution in [3.63, 3.8) is 0 Å². The second-order valence-electron chi connectivity index (χ2n) is 4.22. The van der Waals surface area contributed by atoms with Crippen LogP contribution in [-0.4, -0.2) is 19.1 Å². The highest BCUT2D eigenvalue weighted by Gasteiger charge is 2.14. The summed E-state index contributed by atoms with van der Waals surface area (Å²) in [5.74, 6) is 0.667. The van der Waals surface area contributed by atoms with Gasteiger partial charge in [-0.3, -0.25) is 4.79 Å². The van der Waals surface area contributed by atoms with E-state index in [2.05, 4.69) is 22.6 Å². The van der Waals surface area contributed by atoms with Crippen LogP contribution in [0.1, 0.15) is 6.92 Å². The third kappa shape index (κ3) is 3.96. The number of likely N-dealkylation sites (N-methyl/N-ethyl adjacent to an activating group) is 1. The lowest BCUT2D eigenvalue weighted by molar-refractivity contribution is -0.120. The van der Waals surface area contributed by atoms with Crippen molar-refractivity contribution in [2.24, 2.45) is 0 Å². The molecule has 0 bridgehead atoms. The fourth-order valence-electron chi connectivity index (χ4n) is 1.86. The van der Waals surface area contributed by atoms with Gasteiger partial charge in [0, 0.05) is 15.8 Å². The average Bonchev–Trinajstić information content (AvgIpc) is 2.48. The summed E-state index contributed by atoms with van der Waals surface area (Å²) >= 11 is 2.23. The summed E-state index contributed by atoms with van der Waals surface area (Å²) in [7, 11) is 0. The summed E-state index contributed by atoms with van der Waals surface area (Å²) in [6.45, 7) is 2.62.